The highest BCUT2D eigenvalue weighted by Crippen LogP contribution is 2.32. The Kier molecular flexibility index (Phi) is 5.88. The van der Waals surface area contributed by atoms with Gasteiger partial charge in [-0.3, -0.25) is 4.98 Å². The van der Waals surface area contributed by atoms with E-state index < -0.39 is 0 Å². The van der Waals surface area contributed by atoms with Gasteiger partial charge in [0.05, 0.1) is 0 Å². The molecule has 1 N–H and O–H groups in total. The minimum absolute atomic E-state index is 0.0688. The largest absolute Gasteiger partial charge is 0.309 e. The lowest BCUT2D eigenvalue weighted by Crippen LogP contribution is -2.27. The van der Waals surface area contributed by atoms with Gasteiger partial charge in [-0.05, 0) is 54.4 Å². The van der Waals surface area contributed by atoms with Crippen LogP contribution in [0.2, 0.25) is 0 Å². The van der Waals surface area contributed by atoms with Crippen LogP contribution in [0.25, 0.3) is 0 Å². The quantitative estimate of drug-likeness (QED) is 0.807. The van der Waals surface area contributed by atoms with Gasteiger partial charge in [0.25, 0.3) is 0 Å². The Morgan fingerprint density at radius 3 is 2.52 bits per heavy atom. The summed E-state index contributed by atoms with van der Waals surface area (Å²) in [6.45, 7) is 5.18. The van der Waals surface area contributed by atoms with Gasteiger partial charge in [0.2, 0.25) is 0 Å². The third-order valence-corrected chi connectivity index (χ3v) is 4.05. The van der Waals surface area contributed by atoms with E-state index in [1.54, 1.807) is 18.5 Å². The molecule has 0 saturated carbocycles. The van der Waals surface area contributed by atoms with Crippen molar-refractivity contribution in [3.63, 3.8) is 0 Å². The van der Waals surface area contributed by atoms with Gasteiger partial charge in [-0.25, -0.2) is 4.39 Å². The van der Waals surface area contributed by atoms with E-state index in [0.717, 1.165) is 23.0 Å². The number of rotatable bonds is 6. The van der Waals surface area contributed by atoms with Crippen molar-refractivity contribution in [3.05, 3.63) is 64.1 Å². The molecule has 0 bridgehead atoms. The highest BCUT2D eigenvalue weighted by Gasteiger charge is 2.21. The second-order valence-electron chi connectivity index (χ2n) is 5.20. The van der Waals surface area contributed by atoms with Crippen LogP contribution >= 0.6 is 15.9 Å². The molecule has 1 aromatic heterocycles. The first kappa shape index (κ1) is 16.1. The van der Waals surface area contributed by atoms with Crippen LogP contribution in [0.3, 0.4) is 0 Å². The molecule has 0 fully saturated rings. The van der Waals surface area contributed by atoms with Gasteiger partial charge in [0, 0.05) is 28.8 Å². The van der Waals surface area contributed by atoms with Crippen LogP contribution in [0.4, 0.5) is 4.39 Å². The molecule has 0 radical (unpaired) electrons. The van der Waals surface area contributed by atoms with Crippen molar-refractivity contribution in [2.45, 2.75) is 32.2 Å². The molecule has 0 aliphatic carbocycles. The zero-order valence-corrected chi connectivity index (χ0v) is 13.9. The van der Waals surface area contributed by atoms with E-state index >= 15 is 0 Å². The van der Waals surface area contributed by atoms with Crippen LogP contribution in [0.5, 0.6) is 0 Å². The van der Waals surface area contributed by atoms with Crippen molar-refractivity contribution in [3.8, 4) is 0 Å². The SMILES string of the molecule is CCCNC(c1cc(F)cc(Br)c1)C(C)c1ccncc1. The van der Waals surface area contributed by atoms with E-state index in [0.29, 0.717) is 0 Å². The third-order valence-electron chi connectivity index (χ3n) is 3.59. The molecule has 0 saturated heterocycles. The van der Waals surface area contributed by atoms with Gasteiger partial charge in [-0.1, -0.05) is 29.8 Å². The smallest absolute Gasteiger partial charge is 0.124 e. The Hall–Kier alpha value is -1.26. The zero-order valence-electron chi connectivity index (χ0n) is 12.3. The molecule has 1 aromatic carbocycles. The molecule has 2 aromatic rings. The molecule has 2 nitrogen and oxygen atoms in total. The lowest BCUT2D eigenvalue weighted by Gasteiger charge is -2.26. The van der Waals surface area contributed by atoms with E-state index in [1.165, 1.54) is 11.6 Å². The molecule has 2 rings (SSSR count). The summed E-state index contributed by atoms with van der Waals surface area (Å²) in [5.41, 5.74) is 2.15. The second-order valence-corrected chi connectivity index (χ2v) is 6.12. The number of nitrogens with one attached hydrogen (secondary N) is 1. The first-order valence-corrected chi connectivity index (χ1v) is 8.00. The topological polar surface area (TPSA) is 24.9 Å². The van der Waals surface area contributed by atoms with Crippen LogP contribution in [-0.2, 0) is 0 Å². The number of aromatic nitrogens is 1. The summed E-state index contributed by atoms with van der Waals surface area (Å²) in [6, 6.07) is 9.17. The van der Waals surface area contributed by atoms with Crippen LogP contribution in [0, 0.1) is 5.82 Å². The first-order valence-electron chi connectivity index (χ1n) is 7.21. The highest BCUT2D eigenvalue weighted by molar-refractivity contribution is 9.10. The summed E-state index contributed by atoms with van der Waals surface area (Å²) >= 11 is 3.38. The normalized spacial score (nSPS) is 13.9. The van der Waals surface area contributed by atoms with Gasteiger partial charge in [-0.15, -0.1) is 0 Å². The van der Waals surface area contributed by atoms with Gasteiger partial charge in [0.1, 0.15) is 5.82 Å². The minimum atomic E-state index is -0.218. The number of nitrogens with zero attached hydrogens (tertiary/aromatic N) is 1. The Labute approximate surface area is 133 Å². The zero-order chi connectivity index (χ0) is 15.2. The van der Waals surface area contributed by atoms with E-state index in [1.807, 2.05) is 18.2 Å². The maximum Gasteiger partial charge on any atom is 0.124 e. The Bertz CT molecular complexity index is 554. The summed E-state index contributed by atoms with van der Waals surface area (Å²) in [4.78, 5) is 4.06. The molecule has 4 heteroatoms. The average molecular weight is 351 g/mol. The summed E-state index contributed by atoms with van der Waals surface area (Å²) < 4.78 is 14.5. The van der Waals surface area contributed by atoms with Gasteiger partial charge in [0.15, 0.2) is 0 Å². The van der Waals surface area contributed by atoms with Crippen molar-refractivity contribution in [1.82, 2.24) is 10.3 Å². The molecule has 21 heavy (non-hydrogen) atoms. The molecule has 0 amide bonds. The van der Waals surface area contributed by atoms with Crippen molar-refractivity contribution in [2.75, 3.05) is 6.54 Å². The molecule has 1 heterocycles. The van der Waals surface area contributed by atoms with E-state index in [2.05, 4.69) is 40.1 Å². The van der Waals surface area contributed by atoms with Crippen LogP contribution in [0.1, 0.15) is 43.4 Å². The fourth-order valence-corrected chi connectivity index (χ4v) is 2.98. The molecule has 2 atom stereocenters. The highest BCUT2D eigenvalue weighted by atomic mass is 79.9. The Morgan fingerprint density at radius 1 is 1.19 bits per heavy atom. The number of benzene rings is 1. The Morgan fingerprint density at radius 2 is 1.90 bits per heavy atom. The maximum absolute atomic E-state index is 13.7. The average Bonchev–Trinajstić information content (AvgIpc) is 2.47. The molecule has 112 valence electrons. The van der Waals surface area contributed by atoms with Crippen molar-refractivity contribution in [2.24, 2.45) is 0 Å². The standard InChI is InChI=1S/C17H20BrFN2/c1-3-6-21-17(12(2)13-4-7-20-8-5-13)14-9-15(18)11-16(19)10-14/h4-5,7-12,17,21H,3,6H2,1-2H3. The predicted octanol–water partition coefficient (Wildman–Crippen LogP) is 4.83. The van der Waals surface area contributed by atoms with Crippen molar-refractivity contribution >= 4 is 15.9 Å². The molecule has 2 unspecified atom stereocenters. The van der Waals surface area contributed by atoms with Gasteiger partial charge >= 0.3 is 0 Å². The number of hydrogen-bond donors (Lipinski definition) is 1. The second kappa shape index (κ2) is 7.66. The number of halogens is 2. The third kappa shape index (κ3) is 4.35. The Balaban J connectivity index is 2.33. The van der Waals surface area contributed by atoms with Crippen LogP contribution in [0.15, 0.2) is 47.2 Å². The number of pyridine rings is 1. The lowest BCUT2D eigenvalue weighted by molar-refractivity contribution is 0.463. The monoisotopic (exact) mass is 350 g/mol. The molecule has 0 spiro atoms. The van der Waals surface area contributed by atoms with Gasteiger partial charge < -0.3 is 5.32 Å². The van der Waals surface area contributed by atoms with E-state index in [9.17, 15) is 4.39 Å². The summed E-state index contributed by atoms with van der Waals surface area (Å²) in [5, 5.41) is 3.53. The summed E-state index contributed by atoms with van der Waals surface area (Å²) in [5.74, 6) is 0.0119. The van der Waals surface area contributed by atoms with E-state index in [-0.39, 0.29) is 17.8 Å². The predicted molar refractivity (Wildman–Crippen MR) is 87.8 cm³/mol. The van der Waals surface area contributed by atoms with E-state index in [4.69, 9.17) is 0 Å². The summed E-state index contributed by atoms with van der Waals surface area (Å²) in [7, 11) is 0. The van der Waals surface area contributed by atoms with Crippen molar-refractivity contribution < 1.29 is 4.39 Å². The molecular formula is C17H20BrFN2. The maximum atomic E-state index is 13.7. The lowest BCUT2D eigenvalue weighted by atomic mass is 9.89. The molecule has 0 aliphatic rings. The fraction of sp³-hybridized carbons (Fsp3) is 0.353. The van der Waals surface area contributed by atoms with Crippen molar-refractivity contribution in [1.29, 1.82) is 0 Å². The van der Waals surface area contributed by atoms with Gasteiger partial charge in [-0.2, -0.15) is 0 Å². The molecular weight excluding hydrogens is 331 g/mol. The number of hydrogen-bond acceptors (Lipinski definition) is 2. The molecule has 0 aliphatic heterocycles. The summed E-state index contributed by atoms with van der Waals surface area (Å²) in [6.07, 6.45) is 4.63. The van der Waals surface area contributed by atoms with Crippen LogP contribution < -0.4 is 5.32 Å². The fourth-order valence-electron chi connectivity index (χ4n) is 2.50. The van der Waals surface area contributed by atoms with Crippen LogP contribution in [-0.4, -0.2) is 11.5 Å². The minimum Gasteiger partial charge on any atom is -0.309 e. The first-order chi connectivity index (χ1) is 10.1.